The van der Waals surface area contributed by atoms with Gasteiger partial charge in [0.15, 0.2) is 0 Å². The Hall–Kier alpha value is -2.05. The summed E-state index contributed by atoms with van der Waals surface area (Å²) in [6.07, 6.45) is 5.20. The summed E-state index contributed by atoms with van der Waals surface area (Å²) in [5.41, 5.74) is 5.95. The first-order chi connectivity index (χ1) is 10.3. The molecule has 0 aliphatic carbocycles. The molecule has 0 aliphatic heterocycles. The smallest absolute Gasteiger partial charge is 0.203 e. The van der Waals surface area contributed by atoms with Crippen molar-refractivity contribution in [1.29, 1.82) is 0 Å². The number of hydrazone groups is 1. The number of benzene rings is 1. The van der Waals surface area contributed by atoms with E-state index in [1.807, 2.05) is 41.8 Å². The van der Waals surface area contributed by atoms with Gasteiger partial charge in [0, 0.05) is 27.8 Å². The minimum Gasteiger partial charge on any atom is -0.265 e. The summed E-state index contributed by atoms with van der Waals surface area (Å²) >= 11 is 4.95. The molecule has 0 bridgehead atoms. The van der Waals surface area contributed by atoms with Gasteiger partial charge in [-0.3, -0.25) is 10.4 Å². The molecule has 21 heavy (non-hydrogen) atoms. The minimum absolute atomic E-state index is 0.762. The van der Waals surface area contributed by atoms with Crippen molar-refractivity contribution in [3.8, 4) is 11.3 Å². The van der Waals surface area contributed by atoms with Gasteiger partial charge in [0.25, 0.3) is 0 Å². The maximum Gasteiger partial charge on any atom is 0.203 e. The van der Waals surface area contributed by atoms with Crippen molar-refractivity contribution in [2.45, 2.75) is 0 Å². The monoisotopic (exact) mass is 358 g/mol. The molecule has 0 fully saturated rings. The van der Waals surface area contributed by atoms with Gasteiger partial charge in [-0.15, -0.1) is 11.3 Å². The fourth-order valence-corrected chi connectivity index (χ4v) is 2.62. The topological polar surface area (TPSA) is 50.2 Å². The quantitative estimate of drug-likeness (QED) is 0.554. The van der Waals surface area contributed by atoms with Crippen LogP contribution in [0, 0.1) is 0 Å². The second kappa shape index (κ2) is 6.60. The lowest BCUT2D eigenvalue weighted by atomic mass is 10.2. The Morgan fingerprint density at radius 1 is 1.10 bits per heavy atom. The molecule has 0 amide bonds. The fourth-order valence-electron chi connectivity index (χ4n) is 1.69. The van der Waals surface area contributed by atoms with Crippen LogP contribution in [0.25, 0.3) is 11.3 Å². The molecule has 0 saturated carbocycles. The van der Waals surface area contributed by atoms with E-state index in [-0.39, 0.29) is 0 Å². The summed E-state index contributed by atoms with van der Waals surface area (Å²) in [7, 11) is 0. The highest BCUT2D eigenvalue weighted by atomic mass is 79.9. The number of halogens is 1. The predicted octanol–water partition coefficient (Wildman–Crippen LogP) is 4.41. The van der Waals surface area contributed by atoms with Crippen LogP contribution in [-0.4, -0.2) is 16.2 Å². The number of hydrogen-bond donors (Lipinski definition) is 1. The van der Waals surface area contributed by atoms with E-state index in [1.54, 1.807) is 18.6 Å². The molecule has 2 heterocycles. The maximum absolute atomic E-state index is 4.51. The van der Waals surface area contributed by atoms with Crippen LogP contribution in [0.2, 0.25) is 0 Å². The van der Waals surface area contributed by atoms with Gasteiger partial charge in [-0.05, 0) is 29.8 Å². The average Bonchev–Trinajstić information content (AvgIpc) is 2.98. The number of rotatable bonds is 4. The van der Waals surface area contributed by atoms with Crippen LogP contribution < -0.4 is 5.43 Å². The number of hydrogen-bond acceptors (Lipinski definition) is 5. The van der Waals surface area contributed by atoms with E-state index < -0.39 is 0 Å². The van der Waals surface area contributed by atoms with Crippen LogP contribution >= 0.6 is 27.3 Å². The van der Waals surface area contributed by atoms with Crippen LogP contribution in [0.3, 0.4) is 0 Å². The minimum atomic E-state index is 0.762. The number of pyridine rings is 1. The van der Waals surface area contributed by atoms with Crippen LogP contribution in [-0.2, 0) is 0 Å². The Labute approximate surface area is 134 Å². The first-order valence-electron chi connectivity index (χ1n) is 6.22. The molecule has 0 saturated heterocycles. The molecule has 3 rings (SSSR count). The molecule has 0 spiro atoms. The number of aromatic nitrogens is 2. The van der Waals surface area contributed by atoms with Gasteiger partial charge in [-0.1, -0.05) is 28.1 Å². The summed E-state index contributed by atoms with van der Waals surface area (Å²) < 4.78 is 1.06. The molecule has 0 atom stereocenters. The highest BCUT2D eigenvalue weighted by Crippen LogP contribution is 2.25. The van der Waals surface area contributed by atoms with Gasteiger partial charge in [-0.2, -0.15) is 5.10 Å². The first-order valence-corrected chi connectivity index (χ1v) is 7.89. The molecular weight excluding hydrogens is 348 g/mol. The Morgan fingerprint density at radius 3 is 2.62 bits per heavy atom. The molecular formula is C15H11BrN4S. The highest BCUT2D eigenvalue weighted by Gasteiger charge is 2.03. The standard InChI is InChI=1S/C15H11BrN4S/c16-13-3-1-12(2-4-13)14-10-21-15(19-14)20-18-9-11-5-7-17-8-6-11/h1-10H,(H,19,20)/b18-9+. The second-order valence-electron chi connectivity index (χ2n) is 4.20. The summed E-state index contributed by atoms with van der Waals surface area (Å²) in [4.78, 5) is 8.47. The molecule has 104 valence electrons. The van der Waals surface area contributed by atoms with E-state index in [1.165, 1.54) is 11.3 Å². The van der Waals surface area contributed by atoms with E-state index in [2.05, 4.69) is 36.4 Å². The zero-order valence-corrected chi connectivity index (χ0v) is 13.3. The van der Waals surface area contributed by atoms with Crippen molar-refractivity contribution < 1.29 is 0 Å². The van der Waals surface area contributed by atoms with Crippen molar-refractivity contribution in [3.05, 3.63) is 64.2 Å². The largest absolute Gasteiger partial charge is 0.265 e. The van der Waals surface area contributed by atoms with Gasteiger partial charge >= 0.3 is 0 Å². The lowest BCUT2D eigenvalue weighted by Crippen LogP contribution is -1.90. The van der Waals surface area contributed by atoms with Crippen molar-refractivity contribution in [2.75, 3.05) is 5.43 Å². The number of anilines is 1. The van der Waals surface area contributed by atoms with Gasteiger partial charge in [0.1, 0.15) is 0 Å². The molecule has 0 radical (unpaired) electrons. The Bertz CT molecular complexity index is 738. The zero-order valence-electron chi connectivity index (χ0n) is 10.9. The number of nitrogens with one attached hydrogen (secondary N) is 1. The Balaban J connectivity index is 1.68. The molecule has 6 heteroatoms. The van der Waals surface area contributed by atoms with Gasteiger partial charge < -0.3 is 0 Å². The van der Waals surface area contributed by atoms with Crippen LogP contribution in [0.1, 0.15) is 5.56 Å². The van der Waals surface area contributed by atoms with E-state index >= 15 is 0 Å². The van der Waals surface area contributed by atoms with Crippen molar-refractivity contribution in [3.63, 3.8) is 0 Å². The lowest BCUT2D eigenvalue weighted by molar-refractivity contribution is 1.28. The molecule has 4 nitrogen and oxygen atoms in total. The molecule has 3 aromatic rings. The molecule has 1 aromatic carbocycles. The third-order valence-electron chi connectivity index (χ3n) is 2.72. The van der Waals surface area contributed by atoms with E-state index in [0.29, 0.717) is 0 Å². The molecule has 2 aromatic heterocycles. The van der Waals surface area contributed by atoms with E-state index in [9.17, 15) is 0 Å². The van der Waals surface area contributed by atoms with E-state index in [4.69, 9.17) is 0 Å². The maximum atomic E-state index is 4.51. The van der Waals surface area contributed by atoms with Gasteiger partial charge in [-0.25, -0.2) is 4.98 Å². The Kier molecular flexibility index (Phi) is 4.37. The number of thiazole rings is 1. The normalized spacial score (nSPS) is 10.9. The van der Waals surface area contributed by atoms with Crippen LogP contribution in [0.5, 0.6) is 0 Å². The second-order valence-corrected chi connectivity index (χ2v) is 5.97. The average molecular weight is 359 g/mol. The van der Waals surface area contributed by atoms with Crippen LogP contribution in [0.4, 0.5) is 5.13 Å². The van der Waals surface area contributed by atoms with Crippen LogP contribution in [0.15, 0.2) is 63.7 Å². The van der Waals surface area contributed by atoms with Crippen molar-refractivity contribution in [2.24, 2.45) is 5.10 Å². The third-order valence-corrected chi connectivity index (χ3v) is 4.00. The lowest BCUT2D eigenvalue weighted by Gasteiger charge is -1.96. The number of nitrogens with zero attached hydrogens (tertiary/aromatic N) is 3. The molecule has 0 unspecified atom stereocenters. The van der Waals surface area contributed by atoms with Gasteiger partial charge in [0.05, 0.1) is 11.9 Å². The van der Waals surface area contributed by atoms with Gasteiger partial charge in [0.2, 0.25) is 5.13 Å². The summed E-state index contributed by atoms with van der Waals surface area (Å²) in [5, 5.41) is 6.94. The Morgan fingerprint density at radius 2 is 1.86 bits per heavy atom. The summed E-state index contributed by atoms with van der Waals surface area (Å²) in [6.45, 7) is 0. The predicted molar refractivity (Wildman–Crippen MR) is 90.7 cm³/mol. The summed E-state index contributed by atoms with van der Waals surface area (Å²) in [5.74, 6) is 0. The van der Waals surface area contributed by atoms with Crippen molar-refractivity contribution in [1.82, 2.24) is 9.97 Å². The molecule has 0 aliphatic rings. The zero-order chi connectivity index (χ0) is 14.5. The molecule has 1 N–H and O–H groups in total. The highest BCUT2D eigenvalue weighted by molar-refractivity contribution is 9.10. The SMILES string of the molecule is Brc1ccc(-c2csc(N/N=C/c3ccncc3)n2)cc1. The van der Waals surface area contributed by atoms with Crippen molar-refractivity contribution >= 4 is 38.6 Å². The summed E-state index contributed by atoms with van der Waals surface area (Å²) in [6, 6.07) is 11.8. The van der Waals surface area contributed by atoms with E-state index in [0.717, 1.165) is 26.4 Å². The fraction of sp³-hybridized carbons (Fsp3) is 0. The first kappa shape index (κ1) is 13.9. The third kappa shape index (κ3) is 3.74.